The van der Waals surface area contributed by atoms with Crippen molar-refractivity contribution in [3.63, 3.8) is 0 Å². The average molecular weight is 315 g/mol. The molecule has 0 aliphatic heterocycles. The van der Waals surface area contributed by atoms with Gasteiger partial charge in [0.25, 0.3) is 0 Å². The Balaban J connectivity index is 1.96. The van der Waals surface area contributed by atoms with E-state index in [2.05, 4.69) is 38.1 Å². The second kappa shape index (κ2) is 5.67. The summed E-state index contributed by atoms with van der Waals surface area (Å²) >= 11 is 9.41. The van der Waals surface area contributed by atoms with Crippen molar-refractivity contribution in [3.05, 3.63) is 51.5 Å². The van der Waals surface area contributed by atoms with E-state index in [0.717, 1.165) is 27.4 Å². The number of H-pyrrole nitrogens is 1. The second-order valence-electron chi connectivity index (χ2n) is 3.83. The summed E-state index contributed by atoms with van der Waals surface area (Å²) in [4.78, 5) is 7.29. The number of imidazole rings is 1. The van der Waals surface area contributed by atoms with Gasteiger partial charge in [0.1, 0.15) is 5.82 Å². The van der Waals surface area contributed by atoms with Crippen LogP contribution in [0.25, 0.3) is 0 Å². The van der Waals surface area contributed by atoms with Gasteiger partial charge in [-0.05, 0) is 40.5 Å². The summed E-state index contributed by atoms with van der Waals surface area (Å²) in [7, 11) is 0. The molecule has 1 heterocycles. The summed E-state index contributed by atoms with van der Waals surface area (Å²) in [6, 6.07) is 6.13. The number of benzene rings is 1. The Kier molecular flexibility index (Phi) is 4.20. The van der Waals surface area contributed by atoms with Gasteiger partial charge >= 0.3 is 0 Å². The molecule has 90 valence electrons. The van der Waals surface area contributed by atoms with Crippen molar-refractivity contribution in [2.75, 3.05) is 0 Å². The molecule has 3 nitrogen and oxygen atoms in total. The molecule has 0 saturated carbocycles. The Morgan fingerprint density at radius 2 is 2.35 bits per heavy atom. The van der Waals surface area contributed by atoms with Gasteiger partial charge in [-0.1, -0.05) is 17.7 Å². The summed E-state index contributed by atoms with van der Waals surface area (Å²) in [5.74, 6) is 0.938. The van der Waals surface area contributed by atoms with Crippen molar-refractivity contribution in [2.24, 2.45) is 0 Å². The van der Waals surface area contributed by atoms with Gasteiger partial charge in [0.2, 0.25) is 0 Å². The Morgan fingerprint density at radius 1 is 1.53 bits per heavy atom. The minimum atomic E-state index is 0.187. The van der Waals surface area contributed by atoms with Crippen LogP contribution in [-0.4, -0.2) is 9.97 Å². The first-order valence-electron chi connectivity index (χ1n) is 5.33. The van der Waals surface area contributed by atoms with Crippen molar-refractivity contribution in [3.8, 4) is 0 Å². The van der Waals surface area contributed by atoms with Crippen molar-refractivity contribution in [2.45, 2.75) is 19.5 Å². The lowest BCUT2D eigenvalue weighted by molar-refractivity contribution is 0.551. The molecule has 0 aliphatic rings. The van der Waals surface area contributed by atoms with Gasteiger partial charge in [0, 0.05) is 23.4 Å². The molecule has 1 aromatic heterocycles. The maximum Gasteiger partial charge on any atom is 0.122 e. The molecule has 0 fully saturated rings. The van der Waals surface area contributed by atoms with Crippen LogP contribution in [0.1, 0.15) is 24.4 Å². The summed E-state index contributed by atoms with van der Waals surface area (Å²) in [5.41, 5.74) is 1.15. The van der Waals surface area contributed by atoms with E-state index in [0.29, 0.717) is 0 Å². The van der Waals surface area contributed by atoms with Crippen LogP contribution in [0.3, 0.4) is 0 Å². The molecule has 0 spiro atoms. The highest BCUT2D eigenvalue weighted by Gasteiger charge is 2.07. The minimum Gasteiger partial charge on any atom is -0.347 e. The van der Waals surface area contributed by atoms with Crippen molar-refractivity contribution in [1.29, 1.82) is 0 Å². The third kappa shape index (κ3) is 3.31. The zero-order valence-electron chi connectivity index (χ0n) is 9.37. The molecule has 1 aromatic carbocycles. The lowest BCUT2D eigenvalue weighted by Crippen LogP contribution is -2.19. The van der Waals surface area contributed by atoms with Crippen LogP contribution in [0, 0.1) is 0 Å². The maximum atomic E-state index is 6.04. The molecule has 0 bridgehead atoms. The SMILES string of the molecule is CC(NCc1ccc(Br)c(Cl)c1)c1ncc[nH]1. The van der Waals surface area contributed by atoms with Gasteiger partial charge in [0.05, 0.1) is 11.1 Å². The molecular formula is C12H13BrClN3. The van der Waals surface area contributed by atoms with Gasteiger partial charge in [0.15, 0.2) is 0 Å². The normalized spacial score (nSPS) is 12.6. The molecular weight excluding hydrogens is 302 g/mol. The van der Waals surface area contributed by atoms with Crippen molar-refractivity contribution in [1.82, 2.24) is 15.3 Å². The molecule has 17 heavy (non-hydrogen) atoms. The average Bonchev–Trinajstić information content (AvgIpc) is 2.84. The Bertz CT molecular complexity index is 485. The fourth-order valence-corrected chi connectivity index (χ4v) is 1.98. The van der Waals surface area contributed by atoms with Crippen molar-refractivity contribution < 1.29 is 0 Å². The zero-order valence-corrected chi connectivity index (χ0v) is 11.7. The highest BCUT2D eigenvalue weighted by molar-refractivity contribution is 9.10. The predicted octanol–water partition coefficient (Wildman–Crippen LogP) is 3.68. The molecule has 0 amide bonds. The molecule has 0 aliphatic carbocycles. The maximum absolute atomic E-state index is 6.04. The molecule has 2 aromatic rings. The van der Waals surface area contributed by atoms with Gasteiger partial charge < -0.3 is 10.3 Å². The molecule has 2 N–H and O–H groups in total. The Morgan fingerprint density at radius 3 is 3.00 bits per heavy atom. The van der Waals surface area contributed by atoms with Crippen LogP contribution in [0.2, 0.25) is 5.02 Å². The number of rotatable bonds is 4. The fourth-order valence-electron chi connectivity index (χ4n) is 1.53. The molecule has 0 saturated heterocycles. The van der Waals surface area contributed by atoms with E-state index in [1.165, 1.54) is 0 Å². The van der Waals surface area contributed by atoms with E-state index in [9.17, 15) is 0 Å². The minimum absolute atomic E-state index is 0.187. The highest BCUT2D eigenvalue weighted by atomic mass is 79.9. The first-order chi connectivity index (χ1) is 8.16. The van der Waals surface area contributed by atoms with Crippen molar-refractivity contribution >= 4 is 27.5 Å². The fraction of sp³-hybridized carbons (Fsp3) is 0.250. The predicted molar refractivity (Wildman–Crippen MR) is 73.0 cm³/mol. The van der Waals surface area contributed by atoms with Crippen LogP contribution in [0.4, 0.5) is 0 Å². The number of hydrogen-bond acceptors (Lipinski definition) is 2. The number of aromatic nitrogens is 2. The van der Waals surface area contributed by atoms with Crippen LogP contribution in [0.5, 0.6) is 0 Å². The summed E-state index contributed by atoms with van der Waals surface area (Å²) in [6.45, 7) is 2.83. The number of aromatic amines is 1. The monoisotopic (exact) mass is 313 g/mol. The third-order valence-electron chi connectivity index (χ3n) is 2.53. The van der Waals surface area contributed by atoms with E-state index in [1.54, 1.807) is 6.20 Å². The van der Waals surface area contributed by atoms with Crippen LogP contribution < -0.4 is 5.32 Å². The number of halogens is 2. The number of nitrogens with one attached hydrogen (secondary N) is 2. The number of nitrogens with zero attached hydrogens (tertiary/aromatic N) is 1. The lowest BCUT2D eigenvalue weighted by Gasteiger charge is -2.11. The first-order valence-corrected chi connectivity index (χ1v) is 6.50. The molecule has 1 unspecified atom stereocenters. The topological polar surface area (TPSA) is 40.7 Å². The van der Waals surface area contributed by atoms with E-state index in [1.807, 2.05) is 24.4 Å². The Labute approximate surface area is 114 Å². The second-order valence-corrected chi connectivity index (χ2v) is 5.09. The summed E-state index contributed by atoms with van der Waals surface area (Å²) in [5, 5.41) is 4.11. The first kappa shape index (κ1) is 12.6. The van der Waals surface area contributed by atoms with Crippen LogP contribution in [-0.2, 0) is 6.54 Å². The standard InChI is InChI=1S/C12H13BrClN3/c1-8(12-15-4-5-16-12)17-7-9-2-3-10(13)11(14)6-9/h2-6,8,17H,7H2,1H3,(H,15,16). The van der Waals surface area contributed by atoms with Crippen LogP contribution in [0.15, 0.2) is 35.1 Å². The largest absolute Gasteiger partial charge is 0.347 e. The van der Waals surface area contributed by atoms with E-state index >= 15 is 0 Å². The molecule has 5 heteroatoms. The zero-order chi connectivity index (χ0) is 12.3. The van der Waals surface area contributed by atoms with E-state index in [-0.39, 0.29) is 6.04 Å². The smallest absolute Gasteiger partial charge is 0.122 e. The van der Waals surface area contributed by atoms with E-state index < -0.39 is 0 Å². The third-order valence-corrected chi connectivity index (χ3v) is 3.76. The number of hydrogen-bond donors (Lipinski definition) is 2. The summed E-state index contributed by atoms with van der Waals surface area (Å²) in [6.07, 6.45) is 3.58. The van der Waals surface area contributed by atoms with Crippen LogP contribution >= 0.6 is 27.5 Å². The quantitative estimate of drug-likeness (QED) is 0.904. The van der Waals surface area contributed by atoms with Gasteiger partial charge in [-0.3, -0.25) is 0 Å². The van der Waals surface area contributed by atoms with E-state index in [4.69, 9.17) is 11.6 Å². The van der Waals surface area contributed by atoms with Gasteiger partial charge in [-0.2, -0.15) is 0 Å². The summed E-state index contributed by atoms with van der Waals surface area (Å²) < 4.78 is 0.919. The highest BCUT2D eigenvalue weighted by Crippen LogP contribution is 2.23. The Hall–Kier alpha value is -0.840. The molecule has 2 rings (SSSR count). The van der Waals surface area contributed by atoms with Gasteiger partial charge in [-0.15, -0.1) is 0 Å². The lowest BCUT2D eigenvalue weighted by atomic mass is 10.2. The van der Waals surface area contributed by atoms with Gasteiger partial charge in [-0.25, -0.2) is 4.98 Å². The molecule has 0 radical (unpaired) electrons. The molecule has 1 atom stereocenters.